The zero-order valence-corrected chi connectivity index (χ0v) is 11.5. The van der Waals surface area contributed by atoms with E-state index < -0.39 is 21.7 Å². The number of nitrogens with zero attached hydrogens (tertiary/aromatic N) is 1. The number of benzene rings is 1. The van der Waals surface area contributed by atoms with Crippen molar-refractivity contribution in [2.24, 2.45) is 5.73 Å². The van der Waals surface area contributed by atoms with Crippen LogP contribution in [0.3, 0.4) is 0 Å². The van der Waals surface area contributed by atoms with Gasteiger partial charge in [-0.05, 0) is 13.8 Å². The SMILES string of the molecule is CC(C)(SCc1ccccc1[N+](=O)[O-])[C@@H](N)C(=O)O. The first-order chi connectivity index (χ1) is 8.75. The van der Waals surface area contributed by atoms with Gasteiger partial charge in [0.15, 0.2) is 0 Å². The number of para-hydroxylation sites is 1. The fraction of sp³-hybridized carbons (Fsp3) is 0.417. The Morgan fingerprint density at radius 1 is 1.53 bits per heavy atom. The van der Waals surface area contributed by atoms with Gasteiger partial charge in [-0.25, -0.2) is 0 Å². The third kappa shape index (κ3) is 3.93. The number of carbonyl (C=O) groups is 1. The number of carboxylic acids is 1. The highest BCUT2D eigenvalue weighted by molar-refractivity contribution is 7.99. The van der Waals surface area contributed by atoms with Crippen molar-refractivity contribution in [1.29, 1.82) is 0 Å². The van der Waals surface area contributed by atoms with Gasteiger partial charge in [-0.2, -0.15) is 0 Å². The molecule has 6 nitrogen and oxygen atoms in total. The zero-order valence-electron chi connectivity index (χ0n) is 10.7. The number of aliphatic carboxylic acids is 1. The van der Waals surface area contributed by atoms with Gasteiger partial charge in [0.25, 0.3) is 5.69 Å². The number of nitrogens with two attached hydrogens (primary N) is 1. The molecule has 1 aromatic rings. The molecule has 0 aliphatic rings. The Bertz CT molecular complexity index is 490. The van der Waals surface area contributed by atoms with Gasteiger partial charge in [-0.15, -0.1) is 11.8 Å². The van der Waals surface area contributed by atoms with Crippen molar-refractivity contribution in [3.63, 3.8) is 0 Å². The quantitative estimate of drug-likeness (QED) is 0.611. The molecule has 0 aliphatic carbocycles. The molecular weight excluding hydrogens is 268 g/mol. The molecule has 0 radical (unpaired) electrons. The topological polar surface area (TPSA) is 106 Å². The standard InChI is InChI=1S/C12H16N2O4S/c1-12(2,10(13)11(15)16)19-7-8-5-3-4-6-9(8)14(17)18/h3-6,10H,7,13H2,1-2H3,(H,15,16)/t10-/m0/s1. The van der Waals surface area contributed by atoms with E-state index in [-0.39, 0.29) is 5.69 Å². The van der Waals surface area contributed by atoms with Crippen LogP contribution in [-0.2, 0) is 10.5 Å². The maximum absolute atomic E-state index is 10.9. The van der Waals surface area contributed by atoms with Crippen LogP contribution in [0.25, 0.3) is 0 Å². The Labute approximate surface area is 115 Å². The molecule has 1 aromatic carbocycles. The molecule has 3 N–H and O–H groups in total. The van der Waals surface area contributed by atoms with Crippen LogP contribution in [0.1, 0.15) is 19.4 Å². The van der Waals surface area contributed by atoms with E-state index in [9.17, 15) is 14.9 Å². The predicted molar refractivity (Wildman–Crippen MR) is 74.1 cm³/mol. The van der Waals surface area contributed by atoms with Crippen molar-refractivity contribution < 1.29 is 14.8 Å². The second-order valence-corrected chi connectivity index (χ2v) is 6.22. The Morgan fingerprint density at radius 2 is 2.11 bits per heavy atom. The minimum atomic E-state index is -1.08. The van der Waals surface area contributed by atoms with Crippen molar-refractivity contribution in [2.45, 2.75) is 30.4 Å². The molecule has 104 valence electrons. The molecule has 0 bridgehead atoms. The monoisotopic (exact) mass is 284 g/mol. The molecule has 0 saturated carbocycles. The number of nitro benzene ring substituents is 1. The van der Waals surface area contributed by atoms with Crippen molar-refractivity contribution >= 4 is 23.4 Å². The first kappa shape index (κ1) is 15.5. The van der Waals surface area contributed by atoms with E-state index in [2.05, 4.69) is 0 Å². The van der Waals surface area contributed by atoms with E-state index in [0.29, 0.717) is 11.3 Å². The van der Waals surface area contributed by atoms with Crippen LogP contribution in [0.15, 0.2) is 24.3 Å². The first-order valence-electron chi connectivity index (χ1n) is 5.60. The van der Waals surface area contributed by atoms with Gasteiger partial charge in [0.2, 0.25) is 0 Å². The summed E-state index contributed by atoms with van der Waals surface area (Å²) in [7, 11) is 0. The second kappa shape index (κ2) is 6.03. The van der Waals surface area contributed by atoms with Gasteiger partial charge < -0.3 is 10.8 Å². The molecule has 0 spiro atoms. The molecule has 0 heterocycles. The largest absolute Gasteiger partial charge is 0.480 e. The van der Waals surface area contributed by atoms with Crippen LogP contribution in [0.5, 0.6) is 0 Å². The zero-order chi connectivity index (χ0) is 14.6. The minimum absolute atomic E-state index is 0.0368. The number of rotatable bonds is 6. The molecular formula is C12H16N2O4S. The molecule has 0 saturated heterocycles. The third-order valence-corrected chi connectivity index (χ3v) is 4.26. The number of hydrogen-bond donors (Lipinski definition) is 2. The molecule has 0 aliphatic heterocycles. The van der Waals surface area contributed by atoms with Crippen molar-refractivity contribution in [1.82, 2.24) is 0 Å². The Morgan fingerprint density at radius 3 is 2.63 bits per heavy atom. The fourth-order valence-corrected chi connectivity index (χ4v) is 2.51. The lowest BCUT2D eigenvalue weighted by Gasteiger charge is -2.27. The fourth-order valence-electron chi connectivity index (χ4n) is 1.46. The first-order valence-corrected chi connectivity index (χ1v) is 6.59. The van der Waals surface area contributed by atoms with Gasteiger partial charge in [-0.3, -0.25) is 14.9 Å². The Kier molecular flexibility index (Phi) is 4.90. The summed E-state index contributed by atoms with van der Waals surface area (Å²) in [6.07, 6.45) is 0. The van der Waals surface area contributed by atoms with E-state index in [1.54, 1.807) is 32.0 Å². The maximum Gasteiger partial charge on any atom is 0.321 e. The van der Waals surface area contributed by atoms with Crippen molar-refractivity contribution in [3.05, 3.63) is 39.9 Å². The lowest BCUT2D eigenvalue weighted by Crippen LogP contribution is -2.46. The average molecular weight is 284 g/mol. The molecule has 0 amide bonds. The average Bonchev–Trinajstić information content (AvgIpc) is 2.35. The molecule has 7 heteroatoms. The normalized spacial score (nSPS) is 13.0. The highest BCUT2D eigenvalue weighted by Crippen LogP contribution is 2.33. The summed E-state index contributed by atoms with van der Waals surface area (Å²) in [5, 5.41) is 19.8. The van der Waals surface area contributed by atoms with Gasteiger partial charge >= 0.3 is 5.97 Å². The lowest BCUT2D eigenvalue weighted by molar-refractivity contribution is -0.385. The Balaban J connectivity index is 2.82. The van der Waals surface area contributed by atoms with E-state index in [1.165, 1.54) is 17.8 Å². The minimum Gasteiger partial charge on any atom is -0.480 e. The molecule has 1 atom stereocenters. The smallest absolute Gasteiger partial charge is 0.321 e. The molecule has 1 rings (SSSR count). The number of thioether (sulfide) groups is 1. The lowest BCUT2D eigenvalue weighted by atomic mass is 10.1. The van der Waals surface area contributed by atoms with Gasteiger partial charge in [0.1, 0.15) is 6.04 Å². The van der Waals surface area contributed by atoms with Crippen LogP contribution in [0, 0.1) is 10.1 Å². The van der Waals surface area contributed by atoms with Crippen LogP contribution in [0.2, 0.25) is 0 Å². The van der Waals surface area contributed by atoms with Crippen molar-refractivity contribution in [3.8, 4) is 0 Å². The van der Waals surface area contributed by atoms with Crippen LogP contribution < -0.4 is 5.73 Å². The summed E-state index contributed by atoms with van der Waals surface area (Å²) in [5.41, 5.74) is 6.20. The summed E-state index contributed by atoms with van der Waals surface area (Å²) < 4.78 is -0.713. The van der Waals surface area contributed by atoms with E-state index in [1.807, 2.05) is 0 Å². The highest BCUT2D eigenvalue weighted by Gasteiger charge is 2.33. The van der Waals surface area contributed by atoms with E-state index in [0.717, 1.165) is 0 Å². The summed E-state index contributed by atoms with van der Waals surface area (Å²) in [4.78, 5) is 21.3. The highest BCUT2D eigenvalue weighted by atomic mass is 32.2. The van der Waals surface area contributed by atoms with Crippen LogP contribution in [0.4, 0.5) is 5.69 Å². The number of carboxylic acid groups (broad SMARTS) is 1. The van der Waals surface area contributed by atoms with Gasteiger partial charge in [-0.1, -0.05) is 18.2 Å². The molecule has 19 heavy (non-hydrogen) atoms. The predicted octanol–water partition coefficient (Wildman–Crippen LogP) is 2.02. The molecule has 0 fully saturated rings. The number of nitro groups is 1. The molecule has 0 unspecified atom stereocenters. The van der Waals surface area contributed by atoms with Crippen LogP contribution in [-0.4, -0.2) is 26.8 Å². The van der Waals surface area contributed by atoms with Gasteiger partial charge in [0.05, 0.1) is 4.92 Å². The third-order valence-electron chi connectivity index (χ3n) is 2.80. The Hall–Kier alpha value is -1.60. The van der Waals surface area contributed by atoms with Crippen molar-refractivity contribution in [2.75, 3.05) is 0 Å². The van der Waals surface area contributed by atoms with Gasteiger partial charge in [0, 0.05) is 22.1 Å². The summed E-state index contributed by atoms with van der Waals surface area (Å²) >= 11 is 1.29. The van der Waals surface area contributed by atoms with E-state index in [4.69, 9.17) is 10.8 Å². The summed E-state index contributed by atoms with van der Waals surface area (Å²) in [6.45, 7) is 3.43. The molecule has 0 aromatic heterocycles. The maximum atomic E-state index is 10.9. The summed E-state index contributed by atoms with van der Waals surface area (Å²) in [5.74, 6) is -0.745. The number of hydrogen-bond acceptors (Lipinski definition) is 5. The van der Waals surface area contributed by atoms with E-state index >= 15 is 0 Å². The summed E-state index contributed by atoms with van der Waals surface area (Å²) in [6, 6.07) is 5.38. The second-order valence-electron chi connectivity index (χ2n) is 4.59. The van der Waals surface area contributed by atoms with Crippen LogP contribution >= 0.6 is 11.8 Å².